The molecule has 20 heavy (non-hydrogen) atoms. The molecule has 0 aromatic carbocycles. The fourth-order valence-corrected chi connectivity index (χ4v) is 2.52. The molecule has 1 aliphatic heterocycles. The van der Waals surface area contributed by atoms with Crippen molar-refractivity contribution < 1.29 is 14.4 Å². The van der Waals surface area contributed by atoms with Gasteiger partial charge in [-0.25, -0.2) is 4.98 Å². The number of rotatable bonds is 4. The van der Waals surface area contributed by atoms with E-state index in [9.17, 15) is 5.11 Å². The number of hydrogen-bond acceptors (Lipinski definition) is 7. The Bertz CT molecular complexity index is 580. The number of anilines is 1. The second-order valence-electron chi connectivity index (χ2n) is 5.07. The predicted octanol–water partition coefficient (Wildman–Crippen LogP) is 1.13. The first kappa shape index (κ1) is 13.3. The smallest absolute Gasteiger partial charge is 0.263 e. The van der Waals surface area contributed by atoms with Crippen LogP contribution in [0.3, 0.4) is 0 Å². The Labute approximate surface area is 116 Å². The molecule has 7 heteroatoms. The van der Waals surface area contributed by atoms with E-state index in [0.29, 0.717) is 18.1 Å². The van der Waals surface area contributed by atoms with Crippen LogP contribution in [0.4, 0.5) is 5.82 Å². The highest BCUT2D eigenvalue weighted by molar-refractivity contribution is 5.87. The van der Waals surface area contributed by atoms with E-state index in [1.54, 1.807) is 0 Å². The van der Waals surface area contributed by atoms with Crippen LogP contribution in [0.2, 0.25) is 0 Å². The van der Waals surface area contributed by atoms with E-state index in [4.69, 9.17) is 9.26 Å². The number of hydrogen-bond donors (Lipinski definition) is 2. The van der Waals surface area contributed by atoms with Crippen LogP contribution in [-0.4, -0.2) is 46.1 Å². The maximum Gasteiger partial charge on any atom is 0.263 e. The van der Waals surface area contributed by atoms with Crippen LogP contribution >= 0.6 is 0 Å². The SMILES string of the molecule is Cc1noc2ncnc(NC[C@@H](O)C3CCOCC3)c12. The molecule has 3 rings (SSSR count). The maximum atomic E-state index is 10.2. The third-order valence-corrected chi connectivity index (χ3v) is 3.73. The Morgan fingerprint density at radius 1 is 1.40 bits per heavy atom. The quantitative estimate of drug-likeness (QED) is 0.865. The van der Waals surface area contributed by atoms with Crippen molar-refractivity contribution in [1.82, 2.24) is 15.1 Å². The molecule has 7 nitrogen and oxygen atoms in total. The molecule has 0 unspecified atom stereocenters. The molecule has 2 N–H and O–H groups in total. The molecular weight excluding hydrogens is 260 g/mol. The highest BCUT2D eigenvalue weighted by Gasteiger charge is 2.22. The Balaban J connectivity index is 1.68. The number of aromatic nitrogens is 3. The molecule has 0 amide bonds. The molecule has 0 spiro atoms. The largest absolute Gasteiger partial charge is 0.391 e. The minimum absolute atomic E-state index is 0.275. The summed E-state index contributed by atoms with van der Waals surface area (Å²) in [5.41, 5.74) is 1.20. The number of fused-ring (bicyclic) bond motifs is 1. The Morgan fingerprint density at radius 3 is 3.00 bits per heavy atom. The van der Waals surface area contributed by atoms with Gasteiger partial charge in [-0.05, 0) is 25.7 Å². The second-order valence-corrected chi connectivity index (χ2v) is 5.07. The van der Waals surface area contributed by atoms with E-state index in [2.05, 4.69) is 20.4 Å². The fourth-order valence-electron chi connectivity index (χ4n) is 2.52. The first-order chi connectivity index (χ1) is 9.75. The lowest BCUT2D eigenvalue weighted by Gasteiger charge is -2.26. The minimum Gasteiger partial charge on any atom is -0.391 e. The van der Waals surface area contributed by atoms with E-state index in [-0.39, 0.29) is 5.92 Å². The van der Waals surface area contributed by atoms with Crippen molar-refractivity contribution in [2.24, 2.45) is 5.92 Å². The van der Waals surface area contributed by atoms with Crippen molar-refractivity contribution in [2.45, 2.75) is 25.9 Å². The highest BCUT2D eigenvalue weighted by Crippen LogP contribution is 2.23. The second kappa shape index (κ2) is 5.72. The molecule has 1 fully saturated rings. The van der Waals surface area contributed by atoms with Crippen LogP contribution < -0.4 is 5.32 Å². The lowest BCUT2D eigenvalue weighted by Crippen LogP contribution is -2.32. The molecule has 0 radical (unpaired) electrons. The highest BCUT2D eigenvalue weighted by atomic mass is 16.5. The van der Waals surface area contributed by atoms with Gasteiger partial charge in [-0.3, -0.25) is 0 Å². The first-order valence-electron chi connectivity index (χ1n) is 6.82. The number of aliphatic hydroxyl groups excluding tert-OH is 1. The topological polar surface area (TPSA) is 93.3 Å². The average Bonchev–Trinajstić information content (AvgIpc) is 2.88. The van der Waals surface area contributed by atoms with E-state index in [1.807, 2.05) is 6.92 Å². The van der Waals surface area contributed by atoms with Gasteiger partial charge in [0.2, 0.25) is 0 Å². The van der Waals surface area contributed by atoms with Crippen molar-refractivity contribution >= 4 is 16.9 Å². The summed E-state index contributed by atoms with van der Waals surface area (Å²) in [5, 5.41) is 18.0. The van der Waals surface area contributed by atoms with Crippen molar-refractivity contribution in [3.63, 3.8) is 0 Å². The Kier molecular flexibility index (Phi) is 3.79. The third-order valence-electron chi connectivity index (χ3n) is 3.73. The summed E-state index contributed by atoms with van der Waals surface area (Å²) in [5.74, 6) is 0.928. The summed E-state index contributed by atoms with van der Waals surface area (Å²) in [6.45, 7) is 3.74. The Morgan fingerprint density at radius 2 is 2.20 bits per heavy atom. The third kappa shape index (κ3) is 2.59. The van der Waals surface area contributed by atoms with Crippen LogP contribution in [-0.2, 0) is 4.74 Å². The molecule has 108 valence electrons. The van der Waals surface area contributed by atoms with Gasteiger partial charge in [-0.2, -0.15) is 4.98 Å². The summed E-state index contributed by atoms with van der Waals surface area (Å²) in [6, 6.07) is 0. The van der Waals surface area contributed by atoms with E-state index < -0.39 is 6.10 Å². The van der Waals surface area contributed by atoms with Crippen LogP contribution in [0, 0.1) is 12.8 Å². The lowest BCUT2D eigenvalue weighted by atomic mass is 9.94. The molecule has 1 aliphatic rings. The van der Waals surface area contributed by atoms with Gasteiger partial charge in [0.1, 0.15) is 17.5 Å². The summed E-state index contributed by atoms with van der Waals surface area (Å²) in [4.78, 5) is 8.22. The van der Waals surface area contributed by atoms with Crippen LogP contribution in [0.15, 0.2) is 10.9 Å². The zero-order valence-electron chi connectivity index (χ0n) is 11.4. The van der Waals surface area contributed by atoms with E-state index in [1.165, 1.54) is 6.33 Å². The first-order valence-corrected chi connectivity index (χ1v) is 6.82. The van der Waals surface area contributed by atoms with Gasteiger partial charge in [0.05, 0.1) is 11.8 Å². The summed E-state index contributed by atoms with van der Waals surface area (Å²) in [7, 11) is 0. The molecule has 0 bridgehead atoms. The molecule has 0 saturated carbocycles. The van der Waals surface area contributed by atoms with Gasteiger partial charge >= 0.3 is 0 Å². The van der Waals surface area contributed by atoms with Gasteiger partial charge in [0.25, 0.3) is 5.71 Å². The maximum absolute atomic E-state index is 10.2. The van der Waals surface area contributed by atoms with E-state index in [0.717, 1.165) is 37.1 Å². The lowest BCUT2D eigenvalue weighted by molar-refractivity contribution is 0.0131. The monoisotopic (exact) mass is 278 g/mol. The van der Waals surface area contributed by atoms with Gasteiger partial charge < -0.3 is 19.7 Å². The van der Waals surface area contributed by atoms with Crippen molar-refractivity contribution in [3.05, 3.63) is 12.0 Å². The summed E-state index contributed by atoms with van der Waals surface area (Å²) >= 11 is 0. The zero-order valence-corrected chi connectivity index (χ0v) is 11.4. The number of nitrogens with one attached hydrogen (secondary N) is 1. The molecular formula is C13H18N4O3. The average molecular weight is 278 g/mol. The number of ether oxygens (including phenoxy) is 1. The number of aliphatic hydroxyl groups is 1. The van der Waals surface area contributed by atoms with Gasteiger partial charge in [0.15, 0.2) is 0 Å². The van der Waals surface area contributed by atoms with Crippen molar-refractivity contribution in [1.29, 1.82) is 0 Å². The van der Waals surface area contributed by atoms with Crippen LogP contribution in [0.1, 0.15) is 18.5 Å². The molecule has 3 heterocycles. The normalized spacial score (nSPS) is 18.3. The standard InChI is InChI=1S/C13H18N4O3/c1-8-11-12(15-7-16-13(11)20-17-8)14-6-10(18)9-2-4-19-5-3-9/h7,9-10,18H,2-6H2,1H3,(H,14,15,16)/t10-/m1/s1. The van der Waals surface area contributed by atoms with E-state index >= 15 is 0 Å². The predicted molar refractivity (Wildman–Crippen MR) is 72.4 cm³/mol. The van der Waals surface area contributed by atoms with Crippen molar-refractivity contribution in [2.75, 3.05) is 25.1 Å². The Hall–Kier alpha value is -1.73. The minimum atomic E-state index is -0.413. The fraction of sp³-hybridized carbons (Fsp3) is 0.615. The molecule has 1 saturated heterocycles. The van der Waals surface area contributed by atoms with Gasteiger partial charge in [-0.1, -0.05) is 5.16 Å². The van der Waals surface area contributed by atoms with Crippen LogP contribution in [0.25, 0.3) is 11.1 Å². The summed E-state index contributed by atoms with van der Waals surface area (Å²) in [6.07, 6.45) is 2.81. The number of aryl methyl sites for hydroxylation is 1. The molecule has 2 aromatic heterocycles. The van der Waals surface area contributed by atoms with Crippen LogP contribution in [0.5, 0.6) is 0 Å². The molecule has 2 aromatic rings. The van der Waals surface area contributed by atoms with Gasteiger partial charge in [0, 0.05) is 19.8 Å². The summed E-state index contributed by atoms with van der Waals surface area (Å²) < 4.78 is 10.4. The number of nitrogens with zero attached hydrogens (tertiary/aromatic N) is 3. The molecule has 1 atom stereocenters. The zero-order chi connectivity index (χ0) is 13.9. The van der Waals surface area contributed by atoms with Crippen molar-refractivity contribution in [3.8, 4) is 0 Å². The molecule has 0 aliphatic carbocycles. The van der Waals surface area contributed by atoms with Gasteiger partial charge in [-0.15, -0.1) is 0 Å².